The first kappa shape index (κ1) is 13.6. The first-order valence-electron chi connectivity index (χ1n) is 6.54. The first-order chi connectivity index (χ1) is 9.31. The van der Waals surface area contributed by atoms with Gasteiger partial charge in [-0.2, -0.15) is 10.2 Å². The largest absolute Gasteiger partial charge is 0.310 e. The fourth-order valence-corrected chi connectivity index (χ4v) is 2.02. The Labute approximate surface area is 112 Å². The van der Waals surface area contributed by atoms with Crippen LogP contribution in [0.5, 0.6) is 0 Å². The molecule has 0 fully saturated rings. The summed E-state index contributed by atoms with van der Waals surface area (Å²) < 4.78 is 13.7. The van der Waals surface area contributed by atoms with Crippen LogP contribution in [-0.2, 0) is 6.42 Å². The van der Waals surface area contributed by atoms with E-state index >= 15 is 0 Å². The van der Waals surface area contributed by atoms with Crippen LogP contribution in [0.2, 0.25) is 0 Å². The third kappa shape index (κ3) is 3.83. The highest BCUT2D eigenvalue weighted by Gasteiger charge is 2.13. The van der Waals surface area contributed by atoms with Crippen molar-refractivity contribution in [2.24, 2.45) is 0 Å². The second-order valence-corrected chi connectivity index (χ2v) is 4.48. The molecular weight excluding hydrogens is 241 g/mol. The lowest BCUT2D eigenvalue weighted by Gasteiger charge is -2.18. The SMILES string of the molecule is CCCNC(Cc1ccccc1F)c1ccnnc1. The Morgan fingerprint density at radius 2 is 2.05 bits per heavy atom. The third-order valence-electron chi connectivity index (χ3n) is 3.03. The number of benzene rings is 1. The second kappa shape index (κ2) is 6.95. The lowest BCUT2D eigenvalue weighted by Crippen LogP contribution is -2.24. The molecule has 0 radical (unpaired) electrons. The Morgan fingerprint density at radius 3 is 2.74 bits per heavy atom. The zero-order valence-electron chi connectivity index (χ0n) is 11.0. The molecule has 19 heavy (non-hydrogen) atoms. The lowest BCUT2D eigenvalue weighted by molar-refractivity contribution is 0.511. The molecule has 2 aromatic rings. The van der Waals surface area contributed by atoms with Crippen molar-refractivity contribution >= 4 is 0 Å². The Balaban J connectivity index is 2.17. The van der Waals surface area contributed by atoms with Crippen molar-refractivity contribution in [3.63, 3.8) is 0 Å². The minimum absolute atomic E-state index is 0.0624. The minimum atomic E-state index is -0.159. The molecule has 2 rings (SSSR count). The van der Waals surface area contributed by atoms with E-state index in [4.69, 9.17) is 0 Å². The molecule has 1 aromatic carbocycles. The van der Waals surface area contributed by atoms with Crippen LogP contribution in [0.4, 0.5) is 4.39 Å². The van der Waals surface area contributed by atoms with Gasteiger partial charge in [-0.05, 0) is 42.6 Å². The zero-order valence-corrected chi connectivity index (χ0v) is 11.0. The van der Waals surface area contributed by atoms with Gasteiger partial charge >= 0.3 is 0 Å². The standard InChI is InChI=1S/C15H18FN3/c1-2-8-17-15(13-7-9-18-19-11-13)10-12-5-3-4-6-14(12)16/h3-7,9,11,15,17H,2,8,10H2,1H3. The smallest absolute Gasteiger partial charge is 0.126 e. The number of halogens is 1. The molecule has 100 valence electrons. The summed E-state index contributed by atoms with van der Waals surface area (Å²) >= 11 is 0. The summed E-state index contributed by atoms with van der Waals surface area (Å²) in [6.07, 6.45) is 5.04. The molecule has 1 atom stereocenters. The zero-order chi connectivity index (χ0) is 13.5. The van der Waals surface area contributed by atoms with Crippen LogP contribution < -0.4 is 5.32 Å². The van der Waals surface area contributed by atoms with Crippen LogP contribution in [0.15, 0.2) is 42.7 Å². The molecule has 3 nitrogen and oxygen atoms in total. The van der Waals surface area contributed by atoms with E-state index in [1.54, 1.807) is 18.5 Å². The van der Waals surface area contributed by atoms with E-state index in [0.29, 0.717) is 12.0 Å². The monoisotopic (exact) mass is 259 g/mol. The Bertz CT molecular complexity index is 502. The van der Waals surface area contributed by atoms with Crippen molar-refractivity contribution in [1.29, 1.82) is 0 Å². The molecule has 1 unspecified atom stereocenters. The number of rotatable bonds is 6. The maximum atomic E-state index is 13.7. The molecular formula is C15H18FN3. The summed E-state index contributed by atoms with van der Waals surface area (Å²) in [6.45, 7) is 3.00. The highest BCUT2D eigenvalue weighted by Crippen LogP contribution is 2.19. The summed E-state index contributed by atoms with van der Waals surface area (Å²) in [5.41, 5.74) is 1.75. The quantitative estimate of drug-likeness (QED) is 0.866. The minimum Gasteiger partial charge on any atom is -0.310 e. The van der Waals surface area contributed by atoms with Crippen molar-refractivity contribution in [2.45, 2.75) is 25.8 Å². The molecule has 1 N–H and O–H groups in total. The summed E-state index contributed by atoms with van der Waals surface area (Å²) in [6, 6.07) is 8.87. The van der Waals surface area contributed by atoms with Gasteiger partial charge in [0.2, 0.25) is 0 Å². The van der Waals surface area contributed by atoms with Crippen molar-refractivity contribution < 1.29 is 4.39 Å². The highest BCUT2D eigenvalue weighted by molar-refractivity contribution is 5.22. The van der Waals surface area contributed by atoms with Crippen LogP contribution in [0.3, 0.4) is 0 Å². The van der Waals surface area contributed by atoms with E-state index in [9.17, 15) is 4.39 Å². The van der Waals surface area contributed by atoms with Crippen LogP contribution >= 0.6 is 0 Å². The van der Waals surface area contributed by atoms with Gasteiger partial charge in [0.1, 0.15) is 5.82 Å². The fourth-order valence-electron chi connectivity index (χ4n) is 2.02. The van der Waals surface area contributed by atoms with Gasteiger partial charge in [0.15, 0.2) is 0 Å². The molecule has 0 aliphatic carbocycles. The van der Waals surface area contributed by atoms with E-state index in [1.807, 2.05) is 18.2 Å². The topological polar surface area (TPSA) is 37.8 Å². The third-order valence-corrected chi connectivity index (χ3v) is 3.03. The van der Waals surface area contributed by atoms with Crippen molar-refractivity contribution in [1.82, 2.24) is 15.5 Å². The van der Waals surface area contributed by atoms with Crippen molar-refractivity contribution in [2.75, 3.05) is 6.54 Å². The van der Waals surface area contributed by atoms with Gasteiger partial charge in [-0.25, -0.2) is 4.39 Å². The molecule has 0 spiro atoms. The van der Waals surface area contributed by atoms with E-state index in [0.717, 1.165) is 18.5 Å². The van der Waals surface area contributed by atoms with Gasteiger partial charge in [-0.3, -0.25) is 0 Å². The molecule has 0 saturated heterocycles. The Kier molecular flexibility index (Phi) is 4.98. The summed E-state index contributed by atoms with van der Waals surface area (Å²) in [5.74, 6) is -0.159. The molecule has 1 aromatic heterocycles. The van der Waals surface area contributed by atoms with Gasteiger partial charge in [0, 0.05) is 12.2 Å². The molecule has 0 bridgehead atoms. The van der Waals surface area contributed by atoms with E-state index in [1.165, 1.54) is 6.07 Å². The normalized spacial score (nSPS) is 12.3. The number of nitrogens with one attached hydrogen (secondary N) is 1. The predicted molar refractivity (Wildman–Crippen MR) is 73.2 cm³/mol. The highest BCUT2D eigenvalue weighted by atomic mass is 19.1. The Hall–Kier alpha value is -1.81. The maximum Gasteiger partial charge on any atom is 0.126 e. The molecule has 0 aliphatic rings. The molecule has 1 heterocycles. The van der Waals surface area contributed by atoms with Crippen LogP contribution in [0.25, 0.3) is 0 Å². The molecule has 0 amide bonds. The van der Waals surface area contributed by atoms with E-state index in [2.05, 4.69) is 22.4 Å². The van der Waals surface area contributed by atoms with Crippen LogP contribution in [-0.4, -0.2) is 16.7 Å². The molecule has 0 saturated carbocycles. The van der Waals surface area contributed by atoms with Crippen LogP contribution in [0, 0.1) is 5.82 Å². The van der Waals surface area contributed by atoms with Crippen molar-refractivity contribution in [3.05, 3.63) is 59.7 Å². The average molecular weight is 259 g/mol. The predicted octanol–water partition coefficient (Wildman–Crippen LogP) is 2.90. The summed E-state index contributed by atoms with van der Waals surface area (Å²) in [7, 11) is 0. The first-order valence-corrected chi connectivity index (χ1v) is 6.54. The maximum absolute atomic E-state index is 13.7. The van der Waals surface area contributed by atoms with E-state index < -0.39 is 0 Å². The van der Waals surface area contributed by atoms with Gasteiger partial charge in [-0.1, -0.05) is 25.1 Å². The molecule has 0 aliphatic heterocycles. The van der Waals surface area contributed by atoms with Gasteiger partial charge in [-0.15, -0.1) is 0 Å². The Morgan fingerprint density at radius 1 is 1.21 bits per heavy atom. The van der Waals surface area contributed by atoms with Gasteiger partial charge in [0.05, 0.1) is 6.20 Å². The van der Waals surface area contributed by atoms with Gasteiger partial charge in [0.25, 0.3) is 0 Å². The number of nitrogens with zero attached hydrogens (tertiary/aromatic N) is 2. The number of hydrogen-bond acceptors (Lipinski definition) is 3. The van der Waals surface area contributed by atoms with E-state index in [-0.39, 0.29) is 11.9 Å². The lowest BCUT2D eigenvalue weighted by atomic mass is 10.00. The summed E-state index contributed by atoms with van der Waals surface area (Å²) in [5, 5.41) is 11.1. The fraction of sp³-hybridized carbons (Fsp3) is 0.333. The second-order valence-electron chi connectivity index (χ2n) is 4.48. The van der Waals surface area contributed by atoms with Crippen molar-refractivity contribution in [3.8, 4) is 0 Å². The average Bonchev–Trinajstić information content (AvgIpc) is 2.46. The summed E-state index contributed by atoms with van der Waals surface area (Å²) in [4.78, 5) is 0. The number of aromatic nitrogens is 2. The van der Waals surface area contributed by atoms with Crippen LogP contribution in [0.1, 0.15) is 30.5 Å². The number of hydrogen-bond donors (Lipinski definition) is 1. The molecule has 4 heteroatoms. The van der Waals surface area contributed by atoms with Gasteiger partial charge < -0.3 is 5.32 Å².